The van der Waals surface area contributed by atoms with Gasteiger partial charge in [-0.15, -0.1) is 0 Å². The lowest BCUT2D eigenvalue weighted by molar-refractivity contribution is -0.121. The molecule has 3 rings (SSSR count). The van der Waals surface area contributed by atoms with Gasteiger partial charge < -0.3 is 4.90 Å². The van der Waals surface area contributed by atoms with Crippen LogP contribution in [-0.4, -0.2) is 12.5 Å². The van der Waals surface area contributed by atoms with Crippen LogP contribution in [-0.2, 0) is 4.79 Å². The second-order valence-electron chi connectivity index (χ2n) is 4.77. The zero-order valence-corrected chi connectivity index (χ0v) is 8.99. The maximum absolute atomic E-state index is 12.2. The van der Waals surface area contributed by atoms with Gasteiger partial charge in [-0.1, -0.05) is 18.2 Å². The van der Waals surface area contributed by atoms with Gasteiger partial charge in [0, 0.05) is 12.2 Å². The highest BCUT2D eigenvalue weighted by Gasteiger charge is 2.55. The van der Waals surface area contributed by atoms with Crippen LogP contribution in [0, 0.1) is 12.3 Å². The van der Waals surface area contributed by atoms with Crippen LogP contribution in [0.2, 0.25) is 0 Å². The topological polar surface area (TPSA) is 20.3 Å². The number of hydrogen-bond acceptors (Lipinski definition) is 1. The number of carbonyl (C=O) groups is 1. The Kier molecular flexibility index (Phi) is 1.70. The molecule has 1 saturated carbocycles. The molecule has 1 aliphatic carbocycles. The Morgan fingerprint density at radius 1 is 1.20 bits per heavy atom. The molecule has 1 heterocycles. The number of rotatable bonds is 1. The molecule has 1 spiro atoms. The number of nitrogens with zero attached hydrogens (tertiary/aromatic N) is 1. The summed E-state index contributed by atoms with van der Waals surface area (Å²) in [6, 6.07) is 8.15. The molecular formula is C13H15NO. The second-order valence-corrected chi connectivity index (χ2v) is 4.77. The number of carbonyl (C=O) groups excluding carboxylic acids is 1. The number of anilines is 1. The Balaban J connectivity index is 1.96. The molecule has 0 unspecified atom stereocenters. The summed E-state index contributed by atoms with van der Waals surface area (Å²) in [6.07, 6.45) is 3.27. The number of hydrogen-bond donors (Lipinski definition) is 0. The van der Waals surface area contributed by atoms with Crippen LogP contribution in [0.25, 0.3) is 0 Å². The largest absolute Gasteiger partial charge is 0.312 e. The minimum absolute atomic E-state index is 0.0578. The van der Waals surface area contributed by atoms with E-state index in [2.05, 4.69) is 19.1 Å². The van der Waals surface area contributed by atoms with E-state index in [0.29, 0.717) is 5.91 Å². The van der Waals surface area contributed by atoms with Crippen molar-refractivity contribution in [1.29, 1.82) is 0 Å². The van der Waals surface area contributed by atoms with Crippen molar-refractivity contribution in [1.82, 2.24) is 0 Å². The minimum atomic E-state index is 0.0578. The smallest absolute Gasteiger partial charge is 0.233 e. The summed E-state index contributed by atoms with van der Waals surface area (Å²) in [5, 5.41) is 0. The first-order chi connectivity index (χ1) is 7.23. The Bertz CT molecular complexity index is 420. The van der Waals surface area contributed by atoms with Gasteiger partial charge in [-0.05, 0) is 37.8 Å². The minimum Gasteiger partial charge on any atom is -0.312 e. The molecule has 1 aliphatic heterocycles. The van der Waals surface area contributed by atoms with Crippen molar-refractivity contribution in [2.45, 2.75) is 26.2 Å². The van der Waals surface area contributed by atoms with Gasteiger partial charge in [0.15, 0.2) is 0 Å². The van der Waals surface area contributed by atoms with Crippen LogP contribution in [0.1, 0.15) is 24.8 Å². The summed E-state index contributed by atoms with van der Waals surface area (Å²) in [5.41, 5.74) is 2.36. The molecule has 0 aromatic heterocycles. The van der Waals surface area contributed by atoms with Crippen molar-refractivity contribution in [2.24, 2.45) is 5.41 Å². The molecule has 0 N–H and O–H groups in total. The fourth-order valence-corrected chi connectivity index (χ4v) is 2.53. The average molecular weight is 201 g/mol. The zero-order chi connectivity index (χ0) is 10.5. The monoisotopic (exact) mass is 201 g/mol. The van der Waals surface area contributed by atoms with Gasteiger partial charge in [-0.25, -0.2) is 0 Å². The number of para-hydroxylation sites is 1. The van der Waals surface area contributed by atoms with Gasteiger partial charge in [0.05, 0.1) is 5.41 Å². The lowest BCUT2D eigenvalue weighted by Gasteiger charge is -2.18. The van der Waals surface area contributed by atoms with E-state index in [1.807, 2.05) is 17.0 Å². The van der Waals surface area contributed by atoms with Crippen molar-refractivity contribution in [3.63, 3.8) is 0 Å². The molecule has 1 aromatic carbocycles. The molecule has 0 atom stereocenters. The normalized spacial score (nSPS) is 22.5. The number of aryl methyl sites for hydroxylation is 1. The molecule has 2 fully saturated rings. The zero-order valence-electron chi connectivity index (χ0n) is 8.99. The lowest BCUT2D eigenvalue weighted by atomic mass is 10.1. The lowest BCUT2D eigenvalue weighted by Crippen LogP contribution is -2.28. The highest BCUT2D eigenvalue weighted by molar-refractivity contribution is 6.02. The Morgan fingerprint density at radius 3 is 2.53 bits per heavy atom. The van der Waals surface area contributed by atoms with Crippen LogP contribution in [0.4, 0.5) is 5.69 Å². The third kappa shape index (κ3) is 1.21. The van der Waals surface area contributed by atoms with E-state index in [1.165, 1.54) is 5.56 Å². The van der Waals surface area contributed by atoms with Crippen molar-refractivity contribution >= 4 is 11.6 Å². The Hall–Kier alpha value is -1.31. The summed E-state index contributed by atoms with van der Waals surface area (Å²) in [5.74, 6) is 0.358. The first kappa shape index (κ1) is 8.96. The molecule has 0 radical (unpaired) electrons. The predicted octanol–water partition coefficient (Wildman–Crippen LogP) is 2.51. The van der Waals surface area contributed by atoms with Gasteiger partial charge in [-0.2, -0.15) is 0 Å². The van der Waals surface area contributed by atoms with Crippen molar-refractivity contribution in [3.05, 3.63) is 29.8 Å². The van der Waals surface area contributed by atoms with E-state index in [9.17, 15) is 4.79 Å². The molecule has 2 aliphatic rings. The first-order valence-corrected chi connectivity index (χ1v) is 5.61. The van der Waals surface area contributed by atoms with E-state index in [0.717, 1.165) is 31.5 Å². The van der Waals surface area contributed by atoms with Gasteiger partial charge in [0.25, 0.3) is 0 Å². The molecule has 2 heteroatoms. The number of benzene rings is 1. The summed E-state index contributed by atoms with van der Waals surface area (Å²) >= 11 is 0. The Labute approximate surface area is 89.9 Å². The SMILES string of the molecule is Cc1ccccc1N1CCC2(CC2)C1=O. The van der Waals surface area contributed by atoms with Crippen LogP contribution in [0.3, 0.4) is 0 Å². The van der Waals surface area contributed by atoms with Gasteiger partial charge in [0.1, 0.15) is 0 Å². The predicted molar refractivity (Wildman–Crippen MR) is 59.8 cm³/mol. The van der Waals surface area contributed by atoms with E-state index in [4.69, 9.17) is 0 Å². The van der Waals surface area contributed by atoms with Crippen LogP contribution in [0.15, 0.2) is 24.3 Å². The summed E-state index contributed by atoms with van der Waals surface area (Å²) < 4.78 is 0. The van der Waals surface area contributed by atoms with E-state index >= 15 is 0 Å². The van der Waals surface area contributed by atoms with Gasteiger partial charge in [0.2, 0.25) is 5.91 Å². The maximum Gasteiger partial charge on any atom is 0.233 e. The summed E-state index contributed by atoms with van der Waals surface area (Å²) in [4.78, 5) is 14.1. The first-order valence-electron chi connectivity index (χ1n) is 5.61. The fourth-order valence-electron chi connectivity index (χ4n) is 2.53. The van der Waals surface area contributed by atoms with Crippen molar-refractivity contribution in [3.8, 4) is 0 Å². The quantitative estimate of drug-likeness (QED) is 0.683. The summed E-state index contributed by atoms with van der Waals surface area (Å²) in [7, 11) is 0. The van der Waals surface area contributed by atoms with Crippen LogP contribution >= 0.6 is 0 Å². The highest BCUT2D eigenvalue weighted by Crippen LogP contribution is 2.54. The molecule has 15 heavy (non-hydrogen) atoms. The average Bonchev–Trinajstić information content (AvgIpc) is 2.94. The molecule has 2 nitrogen and oxygen atoms in total. The third-order valence-corrected chi connectivity index (χ3v) is 3.77. The Morgan fingerprint density at radius 2 is 1.93 bits per heavy atom. The highest BCUT2D eigenvalue weighted by atomic mass is 16.2. The summed E-state index contributed by atoms with van der Waals surface area (Å²) in [6.45, 7) is 2.98. The molecule has 1 amide bonds. The van der Waals surface area contributed by atoms with Gasteiger partial charge in [-0.3, -0.25) is 4.79 Å². The van der Waals surface area contributed by atoms with Crippen molar-refractivity contribution < 1.29 is 4.79 Å². The van der Waals surface area contributed by atoms with Gasteiger partial charge >= 0.3 is 0 Å². The van der Waals surface area contributed by atoms with Crippen LogP contribution < -0.4 is 4.90 Å². The second kappa shape index (κ2) is 2.84. The number of amides is 1. The fraction of sp³-hybridized carbons (Fsp3) is 0.462. The third-order valence-electron chi connectivity index (χ3n) is 3.77. The van der Waals surface area contributed by atoms with Crippen LogP contribution in [0.5, 0.6) is 0 Å². The van der Waals surface area contributed by atoms with E-state index in [1.54, 1.807) is 0 Å². The molecule has 1 aromatic rings. The van der Waals surface area contributed by atoms with Crippen molar-refractivity contribution in [2.75, 3.05) is 11.4 Å². The molecular weight excluding hydrogens is 186 g/mol. The molecule has 0 bridgehead atoms. The molecule has 78 valence electrons. The van der Waals surface area contributed by atoms with E-state index < -0.39 is 0 Å². The standard InChI is InChI=1S/C13H15NO/c1-10-4-2-3-5-11(10)14-9-8-13(6-7-13)12(14)15/h2-5H,6-9H2,1H3. The van der Waals surface area contributed by atoms with E-state index in [-0.39, 0.29) is 5.41 Å². The maximum atomic E-state index is 12.2. The molecule has 1 saturated heterocycles.